The summed E-state index contributed by atoms with van der Waals surface area (Å²) < 4.78 is 0. The van der Waals surface area contributed by atoms with Crippen molar-refractivity contribution in [3.05, 3.63) is 53.2 Å². The smallest absolute Gasteiger partial charge is 0.126 e. The van der Waals surface area contributed by atoms with Crippen LogP contribution in [0, 0.1) is 0 Å². The number of aromatic nitrogens is 1. The summed E-state index contributed by atoms with van der Waals surface area (Å²) in [6.45, 7) is 6.61. The fourth-order valence-electron chi connectivity index (χ4n) is 2.89. The molecule has 3 rings (SSSR count). The Morgan fingerprint density at radius 1 is 1.19 bits per heavy atom. The molecule has 2 aromatic rings. The highest BCUT2D eigenvalue weighted by Crippen LogP contribution is 2.34. The van der Waals surface area contributed by atoms with Crippen molar-refractivity contribution in [2.45, 2.75) is 45.1 Å². The molecule has 1 atom stereocenters. The van der Waals surface area contributed by atoms with Crippen molar-refractivity contribution in [3.8, 4) is 0 Å². The first-order valence-electron chi connectivity index (χ1n) is 7.55. The van der Waals surface area contributed by atoms with E-state index in [0.717, 1.165) is 24.3 Å². The number of nitrogens with one attached hydrogen (secondary N) is 1. The van der Waals surface area contributed by atoms with Gasteiger partial charge in [0.05, 0.1) is 6.04 Å². The Morgan fingerprint density at radius 2 is 2.00 bits per heavy atom. The maximum absolute atomic E-state index is 5.85. The lowest BCUT2D eigenvalue weighted by molar-refractivity contribution is 0.587. The molecule has 3 N–H and O–H groups in total. The second-order valence-corrected chi connectivity index (χ2v) is 6.88. The zero-order chi connectivity index (χ0) is 15.0. The quantitative estimate of drug-likeness (QED) is 0.816. The van der Waals surface area contributed by atoms with Gasteiger partial charge in [-0.15, -0.1) is 0 Å². The van der Waals surface area contributed by atoms with E-state index in [4.69, 9.17) is 5.73 Å². The van der Waals surface area contributed by atoms with Crippen molar-refractivity contribution in [3.63, 3.8) is 0 Å². The predicted molar refractivity (Wildman–Crippen MR) is 88.5 cm³/mol. The Balaban J connectivity index is 1.77. The van der Waals surface area contributed by atoms with E-state index in [1.165, 1.54) is 16.7 Å². The van der Waals surface area contributed by atoms with Gasteiger partial charge in [-0.2, -0.15) is 0 Å². The molecule has 0 spiro atoms. The van der Waals surface area contributed by atoms with E-state index in [2.05, 4.69) is 55.3 Å². The molecule has 1 aromatic carbocycles. The molecular formula is C18H23N3. The van der Waals surface area contributed by atoms with Crippen LogP contribution in [0.15, 0.2) is 36.5 Å². The van der Waals surface area contributed by atoms with Crippen LogP contribution in [0.25, 0.3) is 0 Å². The fourth-order valence-corrected chi connectivity index (χ4v) is 2.89. The van der Waals surface area contributed by atoms with Gasteiger partial charge >= 0.3 is 0 Å². The van der Waals surface area contributed by atoms with E-state index in [1.807, 2.05) is 12.3 Å². The van der Waals surface area contributed by atoms with Gasteiger partial charge in [-0.25, -0.2) is 4.98 Å². The first-order chi connectivity index (χ1) is 9.93. The monoisotopic (exact) mass is 281 g/mol. The minimum Gasteiger partial charge on any atom is -0.399 e. The third kappa shape index (κ3) is 2.87. The summed E-state index contributed by atoms with van der Waals surface area (Å²) in [4.78, 5) is 4.56. The van der Waals surface area contributed by atoms with Crippen LogP contribution in [0.3, 0.4) is 0 Å². The minimum absolute atomic E-state index is 0.142. The van der Waals surface area contributed by atoms with Crippen molar-refractivity contribution >= 4 is 11.5 Å². The molecule has 0 fully saturated rings. The third-order valence-corrected chi connectivity index (χ3v) is 4.20. The molecule has 3 nitrogen and oxygen atoms in total. The van der Waals surface area contributed by atoms with Crippen LogP contribution in [0.1, 0.15) is 49.9 Å². The zero-order valence-corrected chi connectivity index (χ0v) is 13.0. The second kappa shape index (κ2) is 5.06. The van der Waals surface area contributed by atoms with Crippen LogP contribution in [-0.4, -0.2) is 4.98 Å². The molecule has 0 radical (unpaired) electrons. The Bertz CT molecular complexity index is 639. The van der Waals surface area contributed by atoms with Gasteiger partial charge in [-0.1, -0.05) is 32.9 Å². The number of nitrogens with two attached hydrogens (primary N) is 1. The number of nitrogens with zero attached hydrogens (tertiary/aromatic N) is 1. The molecule has 110 valence electrons. The average Bonchev–Trinajstić information content (AvgIpc) is 2.80. The highest BCUT2D eigenvalue weighted by atomic mass is 15.0. The standard InChI is InChI=1S/C18H23N3/c1-18(2,3)13-5-9-17(20-11-13)21-16-8-4-12-10-14(19)6-7-15(12)16/h5-7,9-11,16H,4,8,19H2,1-3H3,(H,20,21). The second-order valence-electron chi connectivity index (χ2n) is 6.88. The molecule has 1 unspecified atom stereocenters. The van der Waals surface area contributed by atoms with Crippen LogP contribution in [0.4, 0.5) is 11.5 Å². The number of rotatable bonds is 2. The first kappa shape index (κ1) is 13.9. The molecule has 1 heterocycles. The molecule has 0 aliphatic heterocycles. The Morgan fingerprint density at radius 3 is 2.67 bits per heavy atom. The normalized spacial score (nSPS) is 17.6. The third-order valence-electron chi connectivity index (χ3n) is 4.20. The van der Waals surface area contributed by atoms with Crippen LogP contribution < -0.4 is 11.1 Å². The fraction of sp³-hybridized carbons (Fsp3) is 0.389. The van der Waals surface area contributed by atoms with Crippen LogP contribution in [0.2, 0.25) is 0 Å². The minimum atomic E-state index is 0.142. The Hall–Kier alpha value is -2.03. The van der Waals surface area contributed by atoms with Crippen LogP contribution in [-0.2, 0) is 11.8 Å². The summed E-state index contributed by atoms with van der Waals surface area (Å²) in [5, 5.41) is 3.54. The van der Waals surface area contributed by atoms with E-state index < -0.39 is 0 Å². The highest BCUT2D eigenvalue weighted by molar-refractivity contribution is 5.50. The van der Waals surface area contributed by atoms with Crippen molar-refractivity contribution in [2.24, 2.45) is 0 Å². The molecule has 1 aliphatic rings. The summed E-state index contributed by atoms with van der Waals surface area (Å²) in [5.41, 5.74) is 10.8. The predicted octanol–water partition coefficient (Wildman–Crippen LogP) is 4.06. The number of pyridine rings is 1. The molecule has 1 aliphatic carbocycles. The van der Waals surface area contributed by atoms with E-state index >= 15 is 0 Å². The van der Waals surface area contributed by atoms with E-state index in [0.29, 0.717) is 6.04 Å². The topological polar surface area (TPSA) is 50.9 Å². The van der Waals surface area contributed by atoms with Gasteiger partial charge < -0.3 is 11.1 Å². The van der Waals surface area contributed by atoms with Gasteiger partial charge in [-0.05, 0) is 53.1 Å². The number of hydrogen-bond acceptors (Lipinski definition) is 3. The van der Waals surface area contributed by atoms with Gasteiger partial charge in [0.25, 0.3) is 0 Å². The summed E-state index contributed by atoms with van der Waals surface area (Å²) in [6.07, 6.45) is 4.15. The maximum atomic E-state index is 5.85. The largest absolute Gasteiger partial charge is 0.399 e. The van der Waals surface area contributed by atoms with Crippen molar-refractivity contribution in [1.29, 1.82) is 0 Å². The molecule has 21 heavy (non-hydrogen) atoms. The van der Waals surface area contributed by atoms with Crippen molar-refractivity contribution in [1.82, 2.24) is 4.98 Å². The number of fused-ring (bicyclic) bond motifs is 1. The Labute approximate surface area is 126 Å². The summed E-state index contributed by atoms with van der Waals surface area (Å²) >= 11 is 0. The van der Waals surface area contributed by atoms with Crippen molar-refractivity contribution in [2.75, 3.05) is 11.1 Å². The van der Waals surface area contributed by atoms with Gasteiger partial charge in [0.15, 0.2) is 0 Å². The van der Waals surface area contributed by atoms with E-state index in [1.54, 1.807) is 0 Å². The molecule has 1 aromatic heterocycles. The number of hydrogen-bond donors (Lipinski definition) is 2. The molecule has 3 heteroatoms. The van der Waals surface area contributed by atoms with Gasteiger partial charge in [0, 0.05) is 11.9 Å². The lowest BCUT2D eigenvalue weighted by atomic mass is 9.88. The van der Waals surface area contributed by atoms with Crippen molar-refractivity contribution < 1.29 is 0 Å². The lowest BCUT2D eigenvalue weighted by Gasteiger charge is -2.20. The van der Waals surface area contributed by atoms with Crippen LogP contribution >= 0.6 is 0 Å². The average molecular weight is 281 g/mol. The molecule has 0 amide bonds. The number of aryl methyl sites for hydroxylation is 1. The SMILES string of the molecule is CC(C)(C)c1ccc(NC2CCc3cc(N)ccc32)nc1. The summed E-state index contributed by atoms with van der Waals surface area (Å²) in [6, 6.07) is 10.8. The molecular weight excluding hydrogens is 258 g/mol. The zero-order valence-electron chi connectivity index (χ0n) is 13.0. The number of nitrogen functional groups attached to an aromatic ring is 1. The number of benzene rings is 1. The van der Waals surface area contributed by atoms with Gasteiger partial charge in [-0.3, -0.25) is 0 Å². The molecule has 0 saturated carbocycles. The van der Waals surface area contributed by atoms with Gasteiger partial charge in [0.1, 0.15) is 5.82 Å². The molecule has 0 saturated heterocycles. The molecule has 0 bridgehead atoms. The van der Waals surface area contributed by atoms with E-state index in [-0.39, 0.29) is 5.41 Å². The highest BCUT2D eigenvalue weighted by Gasteiger charge is 2.22. The summed E-state index contributed by atoms with van der Waals surface area (Å²) in [7, 11) is 0. The summed E-state index contributed by atoms with van der Waals surface area (Å²) in [5.74, 6) is 0.942. The van der Waals surface area contributed by atoms with Gasteiger partial charge in [0.2, 0.25) is 0 Å². The van der Waals surface area contributed by atoms with E-state index in [9.17, 15) is 0 Å². The Kier molecular flexibility index (Phi) is 3.36. The number of anilines is 2. The lowest BCUT2D eigenvalue weighted by Crippen LogP contribution is -2.13. The first-order valence-corrected chi connectivity index (χ1v) is 7.55. The maximum Gasteiger partial charge on any atom is 0.126 e. The van der Waals surface area contributed by atoms with Crippen LogP contribution in [0.5, 0.6) is 0 Å².